The Morgan fingerprint density at radius 3 is 2.75 bits per heavy atom. The van der Waals surface area contributed by atoms with Gasteiger partial charge in [0.25, 0.3) is 0 Å². The molecule has 2 heterocycles. The van der Waals surface area contributed by atoms with Gasteiger partial charge in [-0.1, -0.05) is 6.92 Å². The molecule has 1 N–H and O–H groups in total. The Bertz CT molecular complexity index is 456. The molecule has 1 unspecified atom stereocenters. The molecule has 0 aromatic carbocycles. The van der Waals surface area contributed by atoms with E-state index in [2.05, 4.69) is 22.3 Å². The molecule has 0 spiro atoms. The van der Waals surface area contributed by atoms with Crippen LogP contribution in [0.5, 0.6) is 0 Å². The second-order valence-electron chi connectivity index (χ2n) is 3.83. The van der Waals surface area contributed by atoms with E-state index in [1.807, 2.05) is 48.1 Å². The van der Waals surface area contributed by atoms with Gasteiger partial charge in [-0.2, -0.15) is 5.10 Å². The third kappa shape index (κ3) is 1.99. The lowest BCUT2D eigenvalue weighted by atomic mass is 10.1. The van der Waals surface area contributed by atoms with E-state index in [0.717, 1.165) is 17.9 Å². The zero-order valence-corrected chi connectivity index (χ0v) is 9.88. The molecule has 0 bridgehead atoms. The second kappa shape index (κ2) is 4.49. The van der Waals surface area contributed by atoms with E-state index in [0.29, 0.717) is 0 Å². The van der Waals surface area contributed by atoms with Gasteiger partial charge >= 0.3 is 0 Å². The van der Waals surface area contributed by atoms with E-state index in [1.165, 1.54) is 0 Å². The van der Waals surface area contributed by atoms with Gasteiger partial charge in [0, 0.05) is 26.5 Å². The maximum absolute atomic E-state index is 4.39. The SMILES string of the molecule is CCNC(c1cn(C)cn1)c1ccnn1C. The molecule has 86 valence electrons. The van der Waals surface area contributed by atoms with Crippen LogP contribution in [0.3, 0.4) is 0 Å². The number of aromatic nitrogens is 4. The van der Waals surface area contributed by atoms with E-state index >= 15 is 0 Å². The van der Waals surface area contributed by atoms with Crippen LogP contribution >= 0.6 is 0 Å². The minimum Gasteiger partial charge on any atom is -0.340 e. The van der Waals surface area contributed by atoms with Gasteiger partial charge in [0.2, 0.25) is 0 Å². The van der Waals surface area contributed by atoms with E-state index < -0.39 is 0 Å². The highest BCUT2D eigenvalue weighted by Crippen LogP contribution is 2.19. The first-order valence-corrected chi connectivity index (χ1v) is 5.41. The van der Waals surface area contributed by atoms with Gasteiger partial charge in [-0.05, 0) is 12.6 Å². The van der Waals surface area contributed by atoms with Gasteiger partial charge in [0.1, 0.15) is 0 Å². The highest BCUT2D eigenvalue weighted by Gasteiger charge is 2.18. The summed E-state index contributed by atoms with van der Waals surface area (Å²) in [7, 11) is 3.92. The number of rotatable bonds is 4. The molecule has 0 fully saturated rings. The van der Waals surface area contributed by atoms with Gasteiger partial charge in [-0.3, -0.25) is 4.68 Å². The maximum atomic E-state index is 4.39. The van der Waals surface area contributed by atoms with Gasteiger partial charge in [-0.25, -0.2) is 4.98 Å². The molecule has 0 radical (unpaired) electrons. The van der Waals surface area contributed by atoms with E-state index in [-0.39, 0.29) is 6.04 Å². The van der Waals surface area contributed by atoms with E-state index in [1.54, 1.807) is 0 Å². The number of hydrogen-bond acceptors (Lipinski definition) is 3. The van der Waals surface area contributed by atoms with Crippen LogP contribution in [0, 0.1) is 0 Å². The predicted octanol–water partition coefficient (Wildman–Crippen LogP) is 0.852. The van der Waals surface area contributed by atoms with Crippen molar-refractivity contribution in [1.29, 1.82) is 0 Å². The third-order valence-electron chi connectivity index (χ3n) is 2.58. The van der Waals surface area contributed by atoms with Crippen LogP contribution in [0.4, 0.5) is 0 Å². The monoisotopic (exact) mass is 219 g/mol. The number of imidazole rings is 1. The first kappa shape index (κ1) is 10.9. The van der Waals surface area contributed by atoms with Gasteiger partial charge in [-0.15, -0.1) is 0 Å². The largest absolute Gasteiger partial charge is 0.340 e. The molecule has 5 heteroatoms. The number of nitrogens with one attached hydrogen (secondary N) is 1. The molecule has 0 saturated heterocycles. The van der Waals surface area contributed by atoms with Crippen LogP contribution in [0.1, 0.15) is 24.4 Å². The number of aryl methyl sites for hydroxylation is 2. The highest BCUT2D eigenvalue weighted by molar-refractivity contribution is 5.19. The topological polar surface area (TPSA) is 47.7 Å². The molecular formula is C11H17N5. The number of nitrogens with zero attached hydrogens (tertiary/aromatic N) is 4. The lowest BCUT2D eigenvalue weighted by Crippen LogP contribution is -2.24. The molecular weight excluding hydrogens is 202 g/mol. The Balaban J connectivity index is 2.34. The van der Waals surface area contributed by atoms with Crippen molar-refractivity contribution in [3.8, 4) is 0 Å². The summed E-state index contributed by atoms with van der Waals surface area (Å²) in [4.78, 5) is 4.39. The van der Waals surface area contributed by atoms with Crippen LogP contribution < -0.4 is 5.32 Å². The molecule has 0 saturated carbocycles. The molecule has 1 atom stereocenters. The Morgan fingerprint density at radius 2 is 2.25 bits per heavy atom. The Morgan fingerprint density at radius 1 is 1.44 bits per heavy atom. The standard InChI is InChI=1S/C11H17N5/c1-4-12-11(9-7-15(2)8-13-9)10-5-6-14-16(10)3/h5-8,11-12H,4H2,1-3H3. The number of hydrogen-bond donors (Lipinski definition) is 1. The first-order chi connectivity index (χ1) is 7.72. The summed E-state index contributed by atoms with van der Waals surface area (Å²) < 4.78 is 3.83. The third-order valence-corrected chi connectivity index (χ3v) is 2.58. The van der Waals surface area contributed by atoms with E-state index in [9.17, 15) is 0 Å². The van der Waals surface area contributed by atoms with Crippen LogP contribution in [-0.2, 0) is 14.1 Å². The molecule has 2 aromatic heterocycles. The fourth-order valence-electron chi connectivity index (χ4n) is 1.81. The quantitative estimate of drug-likeness (QED) is 0.829. The van der Waals surface area contributed by atoms with Crippen LogP contribution in [0.15, 0.2) is 24.8 Å². The van der Waals surface area contributed by atoms with Crippen molar-refractivity contribution in [3.63, 3.8) is 0 Å². The zero-order valence-electron chi connectivity index (χ0n) is 9.88. The van der Waals surface area contributed by atoms with Crippen molar-refractivity contribution < 1.29 is 0 Å². The fraction of sp³-hybridized carbons (Fsp3) is 0.455. The van der Waals surface area contributed by atoms with Gasteiger partial charge in [0.05, 0.1) is 23.8 Å². The average Bonchev–Trinajstić information content (AvgIpc) is 2.84. The molecule has 0 amide bonds. The minimum atomic E-state index is 0.110. The highest BCUT2D eigenvalue weighted by atomic mass is 15.3. The molecule has 0 aliphatic carbocycles. The fourth-order valence-corrected chi connectivity index (χ4v) is 1.81. The van der Waals surface area contributed by atoms with Gasteiger partial charge < -0.3 is 9.88 Å². The summed E-state index contributed by atoms with van der Waals surface area (Å²) in [6.45, 7) is 2.98. The average molecular weight is 219 g/mol. The zero-order chi connectivity index (χ0) is 11.5. The summed E-state index contributed by atoms with van der Waals surface area (Å²) in [6, 6.07) is 2.13. The van der Waals surface area contributed by atoms with Crippen molar-refractivity contribution in [3.05, 3.63) is 36.2 Å². The normalized spacial score (nSPS) is 12.9. The van der Waals surface area contributed by atoms with Crippen LogP contribution in [0.25, 0.3) is 0 Å². The summed E-state index contributed by atoms with van der Waals surface area (Å²) >= 11 is 0. The smallest absolute Gasteiger partial charge is 0.0947 e. The lowest BCUT2D eigenvalue weighted by molar-refractivity contribution is 0.563. The predicted molar refractivity (Wildman–Crippen MR) is 61.9 cm³/mol. The van der Waals surface area contributed by atoms with Crippen LogP contribution in [0.2, 0.25) is 0 Å². The Hall–Kier alpha value is -1.62. The van der Waals surface area contributed by atoms with Crippen LogP contribution in [-0.4, -0.2) is 25.9 Å². The molecule has 2 aromatic rings. The summed E-state index contributed by atoms with van der Waals surface area (Å²) in [5.41, 5.74) is 2.15. The maximum Gasteiger partial charge on any atom is 0.0947 e. The lowest BCUT2D eigenvalue weighted by Gasteiger charge is -2.15. The summed E-state index contributed by atoms with van der Waals surface area (Å²) in [5, 5.41) is 7.61. The molecule has 5 nitrogen and oxygen atoms in total. The first-order valence-electron chi connectivity index (χ1n) is 5.41. The van der Waals surface area contributed by atoms with E-state index in [4.69, 9.17) is 0 Å². The minimum absolute atomic E-state index is 0.110. The van der Waals surface area contributed by atoms with Crippen molar-refractivity contribution in [2.45, 2.75) is 13.0 Å². The molecule has 0 aliphatic rings. The summed E-state index contributed by atoms with van der Waals surface area (Å²) in [5.74, 6) is 0. The van der Waals surface area contributed by atoms with Crippen molar-refractivity contribution in [1.82, 2.24) is 24.6 Å². The molecule has 0 aliphatic heterocycles. The Labute approximate surface area is 95.1 Å². The van der Waals surface area contributed by atoms with Crippen molar-refractivity contribution in [2.75, 3.05) is 6.54 Å². The molecule has 2 rings (SSSR count). The second-order valence-corrected chi connectivity index (χ2v) is 3.83. The summed E-state index contributed by atoms with van der Waals surface area (Å²) in [6.07, 6.45) is 5.65. The van der Waals surface area contributed by atoms with Gasteiger partial charge in [0.15, 0.2) is 0 Å². The van der Waals surface area contributed by atoms with Crippen molar-refractivity contribution in [2.24, 2.45) is 14.1 Å². The molecule has 16 heavy (non-hydrogen) atoms. The van der Waals surface area contributed by atoms with Crippen molar-refractivity contribution >= 4 is 0 Å². The Kier molecular flexibility index (Phi) is 3.05.